The summed E-state index contributed by atoms with van der Waals surface area (Å²) in [5, 5.41) is 11.4. The molecule has 0 spiro atoms. The van der Waals surface area contributed by atoms with Gasteiger partial charge in [0, 0.05) is 25.9 Å². The van der Waals surface area contributed by atoms with E-state index in [0.717, 1.165) is 37.1 Å². The maximum atomic E-state index is 13.7. The minimum atomic E-state index is -0.317. The molecule has 2 aromatic rings. The zero-order chi connectivity index (χ0) is 16.2. The van der Waals surface area contributed by atoms with Gasteiger partial charge < -0.3 is 14.5 Å². The first kappa shape index (κ1) is 15.9. The number of hydrogen-bond donors (Lipinski definition) is 1. The summed E-state index contributed by atoms with van der Waals surface area (Å²) < 4.78 is 24.1. The van der Waals surface area contributed by atoms with Crippen LogP contribution in [0.3, 0.4) is 0 Å². The molecular formula is C17H22FN3O2. The lowest BCUT2D eigenvalue weighted by Gasteiger charge is -2.13. The van der Waals surface area contributed by atoms with Crippen molar-refractivity contribution in [3.63, 3.8) is 0 Å². The van der Waals surface area contributed by atoms with Crippen molar-refractivity contribution in [2.45, 2.75) is 45.2 Å². The van der Waals surface area contributed by atoms with Crippen LogP contribution >= 0.6 is 0 Å². The molecule has 1 fully saturated rings. The number of benzene rings is 1. The van der Waals surface area contributed by atoms with E-state index >= 15 is 0 Å². The first-order valence-corrected chi connectivity index (χ1v) is 7.99. The van der Waals surface area contributed by atoms with Gasteiger partial charge in [0.2, 0.25) is 11.8 Å². The standard InChI is InChI=1S/C17H22FN3O2/c1-11-20-21-17(23-11)9-12-3-5-14(7-12)19-10-13-4-6-16(22-2)15(18)8-13/h4,6,8,12,14,19H,3,5,7,9-10H2,1-2H3/t12-,14+/m1/s1. The fraction of sp³-hybridized carbons (Fsp3) is 0.529. The lowest BCUT2D eigenvalue weighted by molar-refractivity contribution is 0.385. The molecular weight excluding hydrogens is 297 g/mol. The van der Waals surface area contributed by atoms with Gasteiger partial charge in [-0.2, -0.15) is 0 Å². The van der Waals surface area contributed by atoms with Crippen molar-refractivity contribution in [2.75, 3.05) is 7.11 Å². The average molecular weight is 319 g/mol. The van der Waals surface area contributed by atoms with Crippen LogP contribution in [0.15, 0.2) is 22.6 Å². The third kappa shape index (κ3) is 4.07. The smallest absolute Gasteiger partial charge is 0.216 e. The summed E-state index contributed by atoms with van der Waals surface area (Å²) in [5.41, 5.74) is 0.930. The van der Waals surface area contributed by atoms with Gasteiger partial charge in [0.15, 0.2) is 11.6 Å². The minimum Gasteiger partial charge on any atom is -0.494 e. The molecule has 23 heavy (non-hydrogen) atoms. The van der Waals surface area contributed by atoms with Crippen LogP contribution < -0.4 is 10.1 Å². The highest BCUT2D eigenvalue weighted by atomic mass is 19.1. The largest absolute Gasteiger partial charge is 0.494 e. The van der Waals surface area contributed by atoms with Crippen LogP contribution in [-0.2, 0) is 13.0 Å². The van der Waals surface area contributed by atoms with Crippen LogP contribution in [0, 0.1) is 18.7 Å². The third-order valence-electron chi connectivity index (χ3n) is 4.38. The molecule has 1 saturated carbocycles. The van der Waals surface area contributed by atoms with Gasteiger partial charge in [0.1, 0.15) is 0 Å². The van der Waals surface area contributed by atoms with Gasteiger partial charge in [-0.1, -0.05) is 6.07 Å². The maximum absolute atomic E-state index is 13.7. The fourth-order valence-electron chi connectivity index (χ4n) is 3.19. The Bertz CT molecular complexity index is 659. The molecule has 1 aliphatic rings. The molecule has 0 aliphatic heterocycles. The van der Waals surface area contributed by atoms with Crippen LogP contribution in [0.1, 0.15) is 36.6 Å². The van der Waals surface area contributed by atoms with E-state index in [-0.39, 0.29) is 11.6 Å². The zero-order valence-electron chi connectivity index (χ0n) is 13.5. The Morgan fingerprint density at radius 2 is 2.22 bits per heavy atom. The summed E-state index contributed by atoms with van der Waals surface area (Å²) in [7, 11) is 1.47. The normalized spacial score (nSPS) is 20.8. The molecule has 5 nitrogen and oxygen atoms in total. The number of nitrogens with one attached hydrogen (secondary N) is 1. The van der Waals surface area contributed by atoms with Gasteiger partial charge in [0.25, 0.3) is 0 Å². The molecule has 0 saturated heterocycles. The van der Waals surface area contributed by atoms with Crippen LogP contribution in [0.5, 0.6) is 5.75 Å². The number of nitrogens with zero attached hydrogens (tertiary/aromatic N) is 2. The molecule has 2 atom stereocenters. The van der Waals surface area contributed by atoms with Crippen molar-refractivity contribution >= 4 is 0 Å². The van der Waals surface area contributed by atoms with E-state index in [4.69, 9.17) is 9.15 Å². The van der Waals surface area contributed by atoms with Gasteiger partial charge in [-0.3, -0.25) is 0 Å². The van der Waals surface area contributed by atoms with E-state index in [1.807, 2.05) is 13.0 Å². The number of hydrogen-bond acceptors (Lipinski definition) is 5. The maximum Gasteiger partial charge on any atom is 0.216 e. The molecule has 0 unspecified atom stereocenters. The minimum absolute atomic E-state index is 0.282. The van der Waals surface area contributed by atoms with Crippen molar-refractivity contribution < 1.29 is 13.5 Å². The number of rotatable bonds is 6. The Morgan fingerprint density at radius 1 is 1.35 bits per heavy atom. The van der Waals surface area contributed by atoms with Crippen LogP contribution in [0.25, 0.3) is 0 Å². The molecule has 1 aromatic heterocycles. The summed E-state index contributed by atoms with van der Waals surface area (Å²) in [6, 6.07) is 5.54. The second-order valence-electron chi connectivity index (χ2n) is 6.14. The Kier molecular flexibility index (Phi) is 4.91. The van der Waals surface area contributed by atoms with Crippen molar-refractivity contribution in [1.29, 1.82) is 0 Å². The van der Waals surface area contributed by atoms with Crippen molar-refractivity contribution in [1.82, 2.24) is 15.5 Å². The second-order valence-corrected chi connectivity index (χ2v) is 6.14. The van der Waals surface area contributed by atoms with Crippen LogP contribution in [-0.4, -0.2) is 23.3 Å². The molecule has 0 amide bonds. The Labute approximate surface area is 135 Å². The highest BCUT2D eigenvalue weighted by Crippen LogP contribution is 2.28. The van der Waals surface area contributed by atoms with E-state index < -0.39 is 0 Å². The Morgan fingerprint density at radius 3 is 2.91 bits per heavy atom. The van der Waals surface area contributed by atoms with Gasteiger partial charge in [0.05, 0.1) is 7.11 Å². The molecule has 124 valence electrons. The van der Waals surface area contributed by atoms with Gasteiger partial charge in [-0.25, -0.2) is 4.39 Å². The number of ether oxygens (including phenoxy) is 1. The van der Waals surface area contributed by atoms with E-state index in [9.17, 15) is 4.39 Å². The average Bonchev–Trinajstić information content (AvgIpc) is 3.15. The number of halogens is 1. The lowest BCUT2D eigenvalue weighted by atomic mass is 10.0. The Hall–Kier alpha value is -1.95. The van der Waals surface area contributed by atoms with Gasteiger partial charge in [-0.15, -0.1) is 10.2 Å². The molecule has 0 radical (unpaired) electrons. The third-order valence-corrected chi connectivity index (χ3v) is 4.38. The first-order valence-electron chi connectivity index (χ1n) is 7.99. The number of methoxy groups -OCH3 is 1. The van der Waals surface area contributed by atoms with Crippen LogP contribution in [0.2, 0.25) is 0 Å². The molecule has 6 heteroatoms. The summed E-state index contributed by atoms with van der Waals surface area (Å²) in [4.78, 5) is 0. The topological polar surface area (TPSA) is 60.2 Å². The molecule has 1 heterocycles. The van der Waals surface area contributed by atoms with E-state index in [1.165, 1.54) is 13.2 Å². The van der Waals surface area contributed by atoms with Crippen molar-refractivity contribution in [3.05, 3.63) is 41.4 Å². The van der Waals surface area contributed by atoms with E-state index in [1.54, 1.807) is 6.07 Å². The number of aromatic nitrogens is 2. The summed E-state index contributed by atoms with van der Waals surface area (Å²) in [5.74, 6) is 1.88. The predicted molar refractivity (Wildman–Crippen MR) is 83.7 cm³/mol. The number of aryl methyl sites for hydroxylation is 1. The first-order chi connectivity index (χ1) is 11.1. The molecule has 1 aromatic carbocycles. The monoisotopic (exact) mass is 319 g/mol. The molecule has 1 aliphatic carbocycles. The molecule has 0 bridgehead atoms. The molecule has 1 N–H and O–H groups in total. The Balaban J connectivity index is 1.47. The second kappa shape index (κ2) is 7.08. The van der Waals surface area contributed by atoms with Gasteiger partial charge in [-0.05, 0) is 42.9 Å². The zero-order valence-corrected chi connectivity index (χ0v) is 13.5. The molecule has 3 rings (SSSR count). The van der Waals surface area contributed by atoms with E-state index in [2.05, 4.69) is 15.5 Å². The summed E-state index contributed by atoms with van der Waals surface area (Å²) in [6.07, 6.45) is 4.20. The summed E-state index contributed by atoms with van der Waals surface area (Å²) >= 11 is 0. The fourth-order valence-corrected chi connectivity index (χ4v) is 3.19. The SMILES string of the molecule is COc1ccc(CN[C@H]2CC[C@@H](Cc3nnc(C)o3)C2)cc1F. The summed E-state index contributed by atoms with van der Waals surface area (Å²) in [6.45, 7) is 2.47. The quantitative estimate of drug-likeness (QED) is 0.887. The predicted octanol–water partition coefficient (Wildman–Crippen LogP) is 3.03. The van der Waals surface area contributed by atoms with Crippen LogP contribution in [0.4, 0.5) is 4.39 Å². The van der Waals surface area contributed by atoms with Gasteiger partial charge >= 0.3 is 0 Å². The van der Waals surface area contributed by atoms with E-state index in [0.29, 0.717) is 24.4 Å². The lowest BCUT2D eigenvalue weighted by Crippen LogP contribution is -2.26. The van der Waals surface area contributed by atoms with Crippen molar-refractivity contribution in [2.24, 2.45) is 5.92 Å². The van der Waals surface area contributed by atoms with Crippen molar-refractivity contribution in [3.8, 4) is 5.75 Å². The highest BCUT2D eigenvalue weighted by Gasteiger charge is 2.26. The highest BCUT2D eigenvalue weighted by molar-refractivity contribution is 5.29.